The predicted molar refractivity (Wildman–Crippen MR) is 46.2 cm³/mol. The van der Waals surface area contributed by atoms with Crippen LogP contribution >= 0.6 is 46.4 Å². The number of rotatable bonds is 2. The number of halogens is 4. The Hall–Kier alpha value is 1.12. The summed E-state index contributed by atoms with van der Waals surface area (Å²) in [6, 6.07) is 0. The Morgan fingerprint density at radius 3 is 1.90 bits per heavy atom. The summed E-state index contributed by atoms with van der Waals surface area (Å²) >= 11 is 21.8. The summed E-state index contributed by atoms with van der Waals surface area (Å²) in [5.74, 6) is 0. The van der Waals surface area contributed by atoms with E-state index in [4.69, 9.17) is 51.5 Å². The molecule has 0 saturated carbocycles. The van der Waals surface area contributed by atoms with Crippen LogP contribution in [0.25, 0.3) is 0 Å². The molecule has 0 aliphatic heterocycles. The number of hydrogen-bond donors (Lipinski definition) is 1. The minimum absolute atomic E-state index is 0.150. The SMILES string of the molecule is CC(O)C(Cl)CC(Cl)(Cl)Cl. The van der Waals surface area contributed by atoms with Crippen LogP contribution < -0.4 is 0 Å². The van der Waals surface area contributed by atoms with Gasteiger partial charge in [0, 0.05) is 6.42 Å². The van der Waals surface area contributed by atoms with Crippen LogP contribution in [0.4, 0.5) is 0 Å². The fourth-order valence-corrected chi connectivity index (χ4v) is 1.36. The molecule has 0 aromatic rings. The van der Waals surface area contributed by atoms with E-state index in [2.05, 4.69) is 0 Å². The second kappa shape index (κ2) is 4.22. The topological polar surface area (TPSA) is 20.2 Å². The average Bonchev–Trinajstić information content (AvgIpc) is 1.60. The van der Waals surface area contributed by atoms with Crippen LogP contribution in [-0.2, 0) is 0 Å². The molecule has 62 valence electrons. The van der Waals surface area contributed by atoms with E-state index in [9.17, 15) is 0 Å². The highest BCUT2D eigenvalue weighted by atomic mass is 35.6. The normalized spacial score (nSPS) is 18.6. The van der Waals surface area contributed by atoms with Gasteiger partial charge in [-0.05, 0) is 6.92 Å². The number of aliphatic hydroxyl groups is 1. The van der Waals surface area contributed by atoms with Gasteiger partial charge in [0.25, 0.3) is 0 Å². The molecule has 0 aromatic carbocycles. The molecule has 0 radical (unpaired) electrons. The first kappa shape index (κ1) is 11.1. The zero-order valence-electron chi connectivity index (χ0n) is 5.32. The summed E-state index contributed by atoms with van der Waals surface area (Å²) in [5, 5.41) is 8.37. The molecule has 0 fully saturated rings. The maximum atomic E-state index is 8.88. The Morgan fingerprint density at radius 1 is 1.40 bits per heavy atom. The zero-order chi connectivity index (χ0) is 8.36. The molecule has 1 nitrogen and oxygen atoms in total. The van der Waals surface area contributed by atoms with Crippen LogP contribution in [0.3, 0.4) is 0 Å². The first-order chi connectivity index (χ1) is 4.33. The molecule has 0 saturated heterocycles. The lowest BCUT2D eigenvalue weighted by molar-refractivity contribution is 0.186. The van der Waals surface area contributed by atoms with Crippen molar-refractivity contribution in [3.63, 3.8) is 0 Å². The van der Waals surface area contributed by atoms with Gasteiger partial charge in [0.15, 0.2) is 3.79 Å². The third-order valence-electron chi connectivity index (χ3n) is 0.950. The van der Waals surface area contributed by atoms with Crippen molar-refractivity contribution in [2.45, 2.75) is 28.6 Å². The van der Waals surface area contributed by atoms with E-state index >= 15 is 0 Å². The summed E-state index contributed by atoms with van der Waals surface area (Å²) in [5.41, 5.74) is 0. The van der Waals surface area contributed by atoms with Gasteiger partial charge in [0.05, 0.1) is 11.5 Å². The zero-order valence-corrected chi connectivity index (χ0v) is 8.34. The van der Waals surface area contributed by atoms with Crippen molar-refractivity contribution >= 4 is 46.4 Å². The summed E-state index contributed by atoms with van der Waals surface area (Å²) in [4.78, 5) is 0. The predicted octanol–water partition coefficient (Wildman–Crippen LogP) is 2.73. The Morgan fingerprint density at radius 2 is 1.80 bits per heavy atom. The summed E-state index contributed by atoms with van der Waals surface area (Å²) in [7, 11) is 0. The van der Waals surface area contributed by atoms with E-state index in [1.165, 1.54) is 0 Å². The van der Waals surface area contributed by atoms with Gasteiger partial charge < -0.3 is 5.11 Å². The Labute approximate surface area is 80.2 Å². The molecule has 2 unspecified atom stereocenters. The van der Waals surface area contributed by atoms with Crippen LogP contribution in [0.2, 0.25) is 0 Å². The minimum atomic E-state index is -1.37. The maximum Gasteiger partial charge on any atom is 0.192 e. The van der Waals surface area contributed by atoms with Crippen molar-refractivity contribution < 1.29 is 5.11 Å². The van der Waals surface area contributed by atoms with Crippen LogP contribution in [0.5, 0.6) is 0 Å². The molecule has 0 aliphatic rings. The van der Waals surface area contributed by atoms with Gasteiger partial charge in [-0.2, -0.15) is 0 Å². The number of hydrogen-bond acceptors (Lipinski definition) is 1. The standard InChI is InChI=1S/C5H8Cl4O/c1-3(10)4(6)2-5(7,8)9/h3-4,10H,2H2,1H3. The highest BCUT2D eigenvalue weighted by Gasteiger charge is 2.26. The molecular formula is C5H8Cl4O. The maximum absolute atomic E-state index is 8.88. The van der Waals surface area contributed by atoms with Gasteiger partial charge in [-0.3, -0.25) is 0 Å². The van der Waals surface area contributed by atoms with E-state index < -0.39 is 15.3 Å². The quantitative estimate of drug-likeness (QED) is 0.717. The average molecular weight is 226 g/mol. The molecule has 5 heteroatoms. The molecule has 0 aromatic heterocycles. The van der Waals surface area contributed by atoms with Crippen LogP contribution in [0.15, 0.2) is 0 Å². The molecule has 0 bridgehead atoms. The molecule has 1 N–H and O–H groups in total. The third-order valence-corrected chi connectivity index (χ3v) is 1.93. The number of aliphatic hydroxyl groups excluding tert-OH is 1. The molecule has 0 heterocycles. The van der Waals surface area contributed by atoms with Crippen molar-refractivity contribution in [1.82, 2.24) is 0 Å². The molecular weight excluding hydrogens is 218 g/mol. The molecule has 0 spiro atoms. The van der Waals surface area contributed by atoms with Crippen molar-refractivity contribution in [2.24, 2.45) is 0 Å². The lowest BCUT2D eigenvalue weighted by Gasteiger charge is -2.17. The molecule has 10 heavy (non-hydrogen) atoms. The van der Waals surface area contributed by atoms with Crippen molar-refractivity contribution in [1.29, 1.82) is 0 Å². The first-order valence-corrected chi connectivity index (χ1v) is 4.29. The van der Waals surface area contributed by atoms with Gasteiger partial charge in [-0.1, -0.05) is 34.8 Å². The second-order valence-corrected chi connectivity index (χ2v) is 5.15. The van der Waals surface area contributed by atoms with Gasteiger partial charge >= 0.3 is 0 Å². The van der Waals surface area contributed by atoms with Crippen LogP contribution in [0, 0.1) is 0 Å². The summed E-state index contributed by atoms with van der Waals surface area (Å²) in [6.45, 7) is 1.55. The Kier molecular flexibility index (Phi) is 4.69. The lowest BCUT2D eigenvalue weighted by atomic mass is 10.2. The van der Waals surface area contributed by atoms with Crippen molar-refractivity contribution in [3.8, 4) is 0 Å². The van der Waals surface area contributed by atoms with Crippen LogP contribution in [-0.4, -0.2) is 20.4 Å². The first-order valence-electron chi connectivity index (χ1n) is 2.72. The minimum Gasteiger partial charge on any atom is -0.392 e. The Bertz CT molecular complexity index is 98.3. The second-order valence-electron chi connectivity index (χ2n) is 2.08. The van der Waals surface area contributed by atoms with Gasteiger partial charge in [-0.25, -0.2) is 0 Å². The fourth-order valence-electron chi connectivity index (χ4n) is 0.392. The van der Waals surface area contributed by atoms with E-state index in [1.807, 2.05) is 0 Å². The molecule has 2 atom stereocenters. The van der Waals surface area contributed by atoms with Crippen molar-refractivity contribution in [2.75, 3.05) is 0 Å². The van der Waals surface area contributed by atoms with E-state index in [-0.39, 0.29) is 6.42 Å². The largest absolute Gasteiger partial charge is 0.392 e. The molecule has 0 amide bonds. The van der Waals surface area contributed by atoms with E-state index in [1.54, 1.807) is 6.92 Å². The smallest absolute Gasteiger partial charge is 0.192 e. The van der Waals surface area contributed by atoms with Gasteiger partial charge in [0.2, 0.25) is 0 Å². The number of alkyl halides is 4. The van der Waals surface area contributed by atoms with Gasteiger partial charge in [-0.15, -0.1) is 11.6 Å². The Balaban J connectivity index is 3.68. The molecule has 0 rings (SSSR count). The van der Waals surface area contributed by atoms with E-state index in [0.29, 0.717) is 0 Å². The van der Waals surface area contributed by atoms with E-state index in [0.717, 1.165) is 0 Å². The van der Waals surface area contributed by atoms with Gasteiger partial charge in [0.1, 0.15) is 0 Å². The van der Waals surface area contributed by atoms with Crippen molar-refractivity contribution in [3.05, 3.63) is 0 Å². The fraction of sp³-hybridized carbons (Fsp3) is 1.00. The monoisotopic (exact) mass is 224 g/mol. The molecule has 0 aliphatic carbocycles. The summed E-state index contributed by atoms with van der Waals surface area (Å²) < 4.78 is -1.37. The van der Waals surface area contributed by atoms with Crippen LogP contribution in [0.1, 0.15) is 13.3 Å². The third kappa shape index (κ3) is 5.87. The highest BCUT2D eigenvalue weighted by molar-refractivity contribution is 6.67. The highest BCUT2D eigenvalue weighted by Crippen LogP contribution is 2.33. The lowest BCUT2D eigenvalue weighted by Crippen LogP contribution is -2.22. The summed E-state index contributed by atoms with van der Waals surface area (Å²) in [6.07, 6.45) is -0.506.